The fourth-order valence-corrected chi connectivity index (χ4v) is 1.34. The summed E-state index contributed by atoms with van der Waals surface area (Å²) in [6.07, 6.45) is 1.92. The maximum absolute atomic E-state index is 11.6. The Hall–Kier alpha value is -1.62. The molecule has 17 heavy (non-hydrogen) atoms. The Kier molecular flexibility index (Phi) is 4.07. The summed E-state index contributed by atoms with van der Waals surface area (Å²) in [6, 6.07) is 3.67. The van der Waals surface area contributed by atoms with Crippen LogP contribution in [0.1, 0.15) is 20.3 Å². The SMILES string of the molecule is CN(C)c1ccc(NC(=O)CC(C)(C)N)cn1. The van der Waals surface area contributed by atoms with Crippen molar-refractivity contribution in [1.29, 1.82) is 0 Å². The highest BCUT2D eigenvalue weighted by Gasteiger charge is 2.16. The zero-order valence-corrected chi connectivity index (χ0v) is 10.8. The van der Waals surface area contributed by atoms with E-state index in [4.69, 9.17) is 5.73 Å². The smallest absolute Gasteiger partial charge is 0.226 e. The van der Waals surface area contributed by atoms with Gasteiger partial charge in [0.05, 0.1) is 11.9 Å². The number of nitrogens with two attached hydrogens (primary N) is 1. The Morgan fingerprint density at radius 3 is 2.53 bits per heavy atom. The van der Waals surface area contributed by atoms with Gasteiger partial charge in [0, 0.05) is 26.1 Å². The van der Waals surface area contributed by atoms with Gasteiger partial charge in [-0.05, 0) is 26.0 Å². The highest BCUT2D eigenvalue weighted by atomic mass is 16.1. The third-order valence-corrected chi connectivity index (χ3v) is 2.11. The number of carbonyl (C=O) groups is 1. The van der Waals surface area contributed by atoms with E-state index in [-0.39, 0.29) is 12.3 Å². The third kappa shape index (κ3) is 4.82. The fourth-order valence-electron chi connectivity index (χ4n) is 1.34. The lowest BCUT2D eigenvalue weighted by Gasteiger charge is -2.17. The molecule has 0 aromatic carbocycles. The molecule has 94 valence electrons. The van der Waals surface area contributed by atoms with Gasteiger partial charge in [-0.2, -0.15) is 0 Å². The van der Waals surface area contributed by atoms with Crippen molar-refractivity contribution in [1.82, 2.24) is 4.98 Å². The van der Waals surface area contributed by atoms with Crippen LogP contribution in [0.5, 0.6) is 0 Å². The molecule has 0 radical (unpaired) electrons. The summed E-state index contributed by atoms with van der Waals surface area (Å²) in [6.45, 7) is 3.64. The number of nitrogens with zero attached hydrogens (tertiary/aromatic N) is 2. The summed E-state index contributed by atoms with van der Waals surface area (Å²) in [4.78, 5) is 17.7. The standard InChI is InChI=1S/C12H20N4O/c1-12(2,13)7-11(17)15-9-5-6-10(14-8-9)16(3)4/h5-6,8H,7,13H2,1-4H3,(H,15,17). The zero-order chi connectivity index (χ0) is 13.1. The fraction of sp³-hybridized carbons (Fsp3) is 0.500. The number of aromatic nitrogens is 1. The molecule has 1 rings (SSSR count). The molecule has 5 heteroatoms. The van der Waals surface area contributed by atoms with Gasteiger partial charge in [0.15, 0.2) is 0 Å². The molecule has 0 bridgehead atoms. The first-order chi connectivity index (χ1) is 7.78. The van der Waals surface area contributed by atoms with E-state index in [9.17, 15) is 4.79 Å². The Morgan fingerprint density at radius 1 is 1.47 bits per heavy atom. The van der Waals surface area contributed by atoms with Crippen molar-refractivity contribution in [2.24, 2.45) is 5.73 Å². The first kappa shape index (κ1) is 13.4. The average molecular weight is 236 g/mol. The molecule has 0 fully saturated rings. The van der Waals surface area contributed by atoms with Gasteiger partial charge >= 0.3 is 0 Å². The number of nitrogens with one attached hydrogen (secondary N) is 1. The highest BCUT2D eigenvalue weighted by Crippen LogP contribution is 2.13. The van der Waals surface area contributed by atoms with Crippen LogP contribution >= 0.6 is 0 Å². The number of amides is 1. The van der Waals surface area contributed by atoms with E-state index in [1.165, 1.54) is 0 Å². The minimum atomic E-state index is -0.499. The number of carbonyl (C=O) groups excluding carboxylic acids is 1. The summed E-state index contributed by atoms with van der Waals surface area (Å²) in [5, 5.41) is 2.76. The summed E-state index contributed by atoms with van der Waals surface area (Å²) in [5.41, 5.74) is 5.96. The quantitative estimate of drug-likeness (QED) is 0.824. The van der Waals surface area contributed by atoms with Crippen molar-refractivity contribution in [3.05, 3.63) is 18.3 Å². The molecule has 1 amide bonds. The van der Waals surface area contributed by atoms with E-state index in [2.05, 4.69) is 10.3 Å². The van der Waals surface area contributed by atoms with Gasteiger partial charge in [-0.1, -0.05) is 0 Å². The molecule has 1 aromatic heterocycles. The monoisotopic (exact) mass is 236 g/mol. The van der Waals surface area contributed by atoms with Gasteiger partial charge < -0.3 is 16.0 Å². The molecule has 0 aliphatic heterocycles. The van der Waals surface area contributed by atoms with Gasteiger partial charge in [-0.15, -0.1) is 0 Å². The van der Waals surface area contributed by atoms with Gasteiger partial charge in [0.1, 0.15) is 5.82 Å². The van der Waals surface area contributed by atoms with Crippen LogP contribution < -0.4 is 16.0 Å². The minimum absolute atomic E-state index is 0.100. The van der Waals surface area contributed by atoms with Crippen molar-refractivity contribution >= 4 is 17.4 Å². The van der Waals surface area contributed by atoms with Crippen LogP contribution in [0.2, 0.25) is 0 Å². The molecule has 1 heterocycles. The van der Waals surface area contributed by atoms with Crippen molar-refractivity contribution in [3.8, 4) is 0 Å². The zero-order valence-electron chi connectivity index (χ0n) is 10.8. The van der Waals surface area contributed by atoms with E-state index in [1.54, 1.807) is 6.20 Å². The van der Waals surface area contributed by atoms with Crippen LogP contribution in [0.25, 0.3) is 0 Å². The predicted octanol–water partition coefficient (Wildman–Crippen LogP) is 1.21. The Balaban J connectivity index is 2.61. The van der Waals surface area contributed by atoms with E-state index in [0.717, 1.165) is 5.82 Å². The largest absolute Gasteiger partial charge is 0.363 e. The highest BCUT2D eigenvalue weighted by molar-refractivity contribution is 5.91. The second-order valence-electron chi connectivity index (χ2n) is 5.01. The lowest BCUT2D eigenvalue weighted by atomic mass is 10.0. The minimum Gasteiger partial charge on any atom is -0.363 e. The summed E-state index contributed by atoms with van der Waals surface area (Å²) >= 11 is 0. The van der Waals surface area contributed by atoms with Crippen LogP contribution in [-0.4, -0.2) is 30.5 Å². The molecule has 0 saturated carbocycles. The topological polar surface area (TPSA) is 71.2 Å². The Bertz CT molecular complexity index is 378. The van der Waals surface area contributed by atoms with Crippen molar-refractivity contribution in [2.45, 2.75) is 25.8 Å². The molecule has 5 nitrogen and oxygen atoms in total. The number of hydrogen-bond acceptors (Lipinski definition) is 4. The van der Waals surface area contributed by atoms with Gasteiger partial charge in [-0.3, -0.25) is 4.79 Å². The van der Waals surface area contributed by atoms with Crippen LogP contribution in [0.3, 0.4) is 0 Å². The predicted molar refractivity (Wildman–Crippen MR) is 70.1 cm³/mol. The molecule has 3 N–H and O–H groups in total. The number of pyridine rings is 1. The summed E-state index contributed by atoms with van der Waals surface area (Å²) in [5.74, 6) is 0.749. The molecule has 0 saturated heterocycles. The van der Waals surface area contributed by atoms with Crippen molar-refractivity contribution in [2.75, 3.05) is 24.3 Å². The third-order valence-electron chi connectivity index (χ3n) is 2.11. The lowest BCUT2D eigenvalue weighted by Crippen LogP contribution is -2.36. The van der Waals surface area contributed by atoms with Crippen LogP contribution in [0, 0.1) is 0 Å². The normalized spacial score (nSPS) is 11.1. The first-order valence-electron chi connectivity index (χ1n) is 5.50. The number of anilines is 2. The summed E-state index contributed by atoms with van der Waals surface area (Å²) in [7, 11) is 3.83. The number of rotatable bonds is 4. The van der Waals surface area contributed by atoms with E-state index >= 15 is 0 Å². The molecule has 0 unspecified atom stereocenters. The van der Waals surface area contributed by atoms with Crippen LogP contribution in [0.15, 0.2) is 18.3 Å². The maximum atomic E-state index is 11.6. The summed E-state index contributed by atoms with van der Waals surface area (Å²) < 4.78 is 0. The molecule has 0 spiro atoms. The Labute approximate surface area is 102 Å². The first-order valence-corrected chi connectivity index (χ1v) is 5.50. The Morgan fingerprint density at radius 2 is 2.12 bits per heavy atom. The van der Waals surface area contributed by atoms with Crippen molar-refractivity contribution < 1.29 is 4.79 Å². The second-order valence-corrected chi connectivity index (χ2v) is 5.01. The van der Waals surface area contributed by atoms with Crippen LogP contribution in [0.4, 0.5) is 11.5 Å². The second kappa shape index (κ2) is 5.14. The maximum Gasteiger partial charge on any atom is 0.226 e. The van der Waals surface area contributed by atoms with Gasteiger partial charge in [-0.25, -0.2) is 4.98 Å². The molecule has 0 aliphatic carbocycles. The molecule has 0 atom stereocenters. The van der Waals surface area contributed by atoms with E-state index in [1.807, 2.05) is 45.0 Å². The molecular weight excluding hydrogens is 216 g/mol. The van der Waals surface area contributed by atoms with E-state index < -0.39 is 5.54 Å². The molecular formula is C12H20N4O. The lowest BCUT2D eigenvalue weighted by molar-refractivity contribution is -0.117. The molecule has 0 aliphatic rings. The van der Waals surface area contributed by atoms with Crippen LogP contribution in [-0.2, 0) is 4.79 Å². The molecule has 1 aromatic rings. The average Bonchev–Trinajstić information content (AvgIpc) is 2.15. The van der Waals surface area contributed by atoms with Gasteiger partial charge in [0.2, 0.25) is 5.91 Å². The number of hydrogen-bond donors (Lipinski definition) is 2. The van der Waals surface area contributed by atoms with Gasteiger partial charge in [0.25, 0.3) is 0 Å². The van der Waals surface area contributed by atoms with E-state index in [0.29, 0.717) is 5.69 Å². The van der Waals surface area contributed by atoms with Crippen molar-refractivity contribution in [3.63, 3.8) is 0 Å².